The zero-order valence-electron chi connectivity index (χ0n) is 16.0. The topological polar surface area (TPSA) is 41.9 Å². The summed E-state index contributed by atoms with van der Waals surface area (Å²) in [6.07, 6.45) is 7.14. The molecule has 1 saturated heterocycles. The van der Waals surface area contributed by atoms with Crippen LogP contribution >= 0.6 is 0 Å². The van der Waals surface area contributed by atoms with Crippen molar-refractivity contribution >= 4 is 5.82 Å². The fraction of sp³-hybridized carbons (Fsp3) is 0.348. The lowest BCUT2D eigenvalue weighted by Gasteiger charge is -2.32. The van der Waals surface area contributed by atoms with Crippen LogP contribution < -0.4 is 4.90 Å². The summed E-state index contributed by atoms with van der Waals surface area (Å²) in [6.45, 7) is 5.40. The van der Waals surface area contributed by atoms with Crippen LogP contribution in [0.2, 0.25) is 0 Å². The van der Waals surface area contributed by atoms with E-state index in [1.54, 1.807) is 12.4 Å². The van der Waals surface area contributed by atoms with Gasteiger partial charge in [-0.3, -0.25) is 4.98 Å². The van der Waals surface area contributed by atoms with Gasteiger partial charge in [0.2, 0.25) is 0 Å². The molecule has 4 rings (SSSR count). The van der Waals surface area contributed by atoms with Crippen LogP contribution in [0, 0.1) is 6.92 Å². The van der Waals surface area contributed by atoms with Gasteiger partial charge in [0.25, 0.3) is 0 Å². The maximum absolute atomic E-state index is 4.93. The molecular weight excluding hydrogens is 332 g/mol. The van der Waals surface area contributed by atoms with Crippen molar-refractivity contribution in [1.82, 2.24) is 15.0 Å². The highest BCUT2D eigenvalue weighted by Crippen LogP contribution is 2.36. The van der Waals surface area contributed by atoms with E-state index in [0.29, 0.717) is 12.0 Å². The van der Waals surface area contributed by atoms with Gasteiger partial charge in [-0.1, -0.05) is 37.3 Å². The molecule has 0 radical (unpaired) electrons. The minimum absolute atomic E-state index is 0.483. The van der Waals surface area contributed by atoms with Crippen LogP contribution in [0.3, 0.4) is 0 Å². The molecule has 0 saturated carbocycles. The Hall–Kier alpha value is -2.75. The average molecular weight is 358 g/mol. The van der Waals surface area contributed by atoms with E-state index < -0.39 is 0 Å². The maximum Gasteiger partial charge on any atom is 0.161 e. The minimum Gasteiger partial charge on any atom is -0.353 e. The lowest BCUT2D eigenvalue weighted by molar-refractivity contribution is 0.513. The molecule has 2 atom stereocenters. The second-order valence-corrected chi connectivity index (χ2v) is 7.26. The number of nitrogens with zero attached hydrogens (tertiary/aromatic N) is 4. The smallest absolute Gasteiger partial charge is 0.161 e. The number of rotatable bonds is 5. The molecule has 1 fully saturated rings. The molecule has 0 unspecified atom stereocenters. The van der Waals surface area contributed by atoms with Gasteiger partial charge in [-0.15, -0.1) is 0 Å². The molecule has 4 heteroatoms. The second-order valence-electron chi connectivity index (χ2n) is 7.26. The van der Waals surface area contributed by atoms with Crippen LogP contribution in [0.1, 0.15) is 43.4 Å². The van der Waals surface area contributed by atoms with Crippen molar-refractivity contribution < 1.29 is 0 Å². The van der Waals surface area contributed by atoms with E-state index in [-0.39, 0.29) is 0 Å². The Morgan fingerprint density at radius 3 is 2.59 bits per heavy atom. The summed E-state index contributed by atoms with van der Waals surface area (Å²) >= 11 is 0. The van der Waals surface area contributed by atoms with Crippen LogP contribution in [0.15, 0.2) is 60.9 Å². The summed E-state index contributed by atoms with van der Waals surface area (Å²) in [4.78, 5) is 16.2. The first-order chi connectivity index (χ1) is 13.3. The van der Waals surface area contributed by atoms with Gasteiger partial charge in [0.05, 0.1) is 0 Å². The zero-order chi connectivity index (χ0) is 18.6. The first kappa shape index (κ1) is 17.7. The predicted molar refractivity (Wildman–Crippen MR) is 110 cm³/mol. The van der Waals surface area contributed by atoms with E-state index >= 15 is 0 Å². The molecule has 4 nitrogen and oxygen atoms in total. The van der Waals surface area contributed by atoms with Crippen molar-refractivity contribution in [3.05, 3.63) is 72.2 Å². The predicted octanol–water partition coefficient (Wildman–Crippen LogP) is 5.01. The Bertz CT molecular complexity index is 879. The highest BCUT2D eigenvalue weighted by Gasteiger charge is 2.32. The standard InChI is InChI=1S/C23H26N4/c1-3-20(18-8-5-4-6-9-18)21-10-7-15-27(21)22-16-17(2)25-23(26-22)19-11-13-24-14-12-19/h4-6,8-9,11-14,16,20-21H,3,7,10,15H2,1-2H3/t20-,21-/m0/s1. The molecule has 3 heterocycles. The highest BCUT2D eigenvalue weighted by atomic mass is 15.2. The van der Waals surface area contributed by atoms with E-state index in [4.69, 9.17) is 4.98 Å². The lowest BCUT2D eigenvalue weighted by atomic mass is 9.87. The first-order valence-electron chi connectivity index (χ1n) is 9.84. The van der Waals surface area contributed by atoms with Gasteiger partial charge >= 0.3 is 0 Å². The third-order valence-electron chi connectivity index (χ3n) is 5.50. The maximum atomic E-state index is 4.93. The number of hydrogen-bond donors (Lipinski definition) is 0. The Morgan fingerprint density at radius 2 is 1.85 bits per heavy atom. The fourth-order valence-corrected chi connectivity index (χ4v) is 4.25. The van der Waals surface area contributed by atoms with Crippen molar-refractivity contribution in [2.75, 3.05) is 11.4 Å². The SMILES string of the molecule is CC[C@@H](c1ccccc1)[C@@H]1CCCN1c1cc(C)nc(-c2ccncc2)n1. The summed E-state index contributed by atoms with van der Waals surface area (Å²) in [6, 6.07) is 17.5. The normalized spacial score (nSPS) is 17.9. The summed E-state index contributed by atoms with van der Waals surface area (Å²) in [5.74, 6) is 2.35. The van der Waals surface area contributed by atoms with Gasteiger partial charge in [0.15, 0.2) is 5.82 Å². The molecule has 0 bridgehead atoms. The molecule has 2 aromatic heterocycles. The molecule has 0 aliphatic carbocycles. The number of hydrogen-bond acceptors (Lipinski definition) is 4. The highest BCUT2D eigenvalue weighted by molar-refractivity contribution is 5.58. The Morgan fingerprint density at radius 1 is 1.07 bits per heavy atom. The quantitative estimate of drug-likeness (QED) is 0.643. The molecule has 1 aromatic carbocycles. The molecule has 1 aliphatic rings. The summed E-state index contributed by atoms with van der Waals surface area (Å²) in [5, 5.41) is 0. The molecule has 1 aliphatic heterocycles. The third kappa shape index (κ3) is 3.70. The van der Waals surface area contributed by atoms with E-state index in [1.165, 1.54) is 18.4 Å². The fourth-order valence-electron chi connectivity index (χ4n) is 4.25. The van der Waals surface area contributed by atoms with Crippen LogP contribution in [0.25, 0.3) is 11.4 Å². The molecule has 27 heavy (non-hydrogen) atoms. The number of anilines is 1. The summed E-state index contributed by atoms with van der Waals surface area (Å²) in [7, 11) is 0. The van der Waals surface area contributed by atoms with Gasteiger partial charge in [-0.05, 0) is 43.9 Å². The molecule has 138 valence electrons. The number of aromatic nitrogens is 3. The van der Waals surface area contributed by atoms with Crippen LogP contribution in [0.5, 0.6) is 0 Å². The van der Waals surface area contributed by atoms with Crippen molar-refractivity contribution in [3.63, 3.8) is 0 Å². The average Bonchev–Trinajstić information content (AvgIpc) is 3.19. The Balaban J connectivity index is 1.69. The Kier molecular flexibility index (Phi) is 5.14. The van der Waals surface area contributed by atoms with Crippen LogP contribution in [0.4, 0.5) is 5.82 Å². The van der Waals surface area contributed by atoms with Crippen molar-refractivity contribution in [1.29, 1.82) is 0 Å². The summed E-state index contributed by atoms with van der Waals surface area (Å²) in [5.41, 5.74) is 3.45. The number of benzene rings is 1. The monoisotopic (exact) mass is 358 g/mol. The second kappa shape index (κ2) is 7.87. The van der Waals surface area contributed by atoms with E-state index in [9.17, 15) is 0 Å². The van der Waals surface area contributed by atoms with Crippen LogP contribution in [-0.2, 0) is 0 Å². The number of aryl methyl sites for hydroxylation is 1. The molecule has 0 spiro atoms. The van der Waals surface area contributed by atoms with Gasteiger partial charge in [-0.2, -0.15) is 0 Å². The zero-order valence-corrected chi connectivity index (χ0v) is 16.0. The van der Waals surface area contributed by atoms with Crippen LogP contribution in [-0.4, -0.2) is 27.5 Å². The lowest BCUT2D eigenvalue weighted by Crippen LogP contribution is -2.35. The van der Waals surface area contributed by atoms with Gasteiger partial charge in [0.1, 0.15) is 5.82 Å². The largest absolute Gasteiger partial charge is 0.353 e. The minimum atomic E-state index is 0.483. The molecule has 0 N–H and O–H groups in total. The first-order valence-corrected chi connectivity index (χ1v) is 9.84. The van der Waals surface area contributed by atoms with Gasteiger partial charge in [-0.25, -0.2) is 9.97 Å². The molecule has 3 aromatic rings. The van der Waals surface area contributed by atoms with E-state index in [0.717, 1.165) is 35.9 Å². The van der Waals surface area contributed by atoms with Crippen molar-refractivity contribution in [2.45, 2.75) is 45.1 Å². The molecular formula is C23H26N4. The molecule has 0 amide bonds. The van der Waals surface area contributed by atoms with Gasteiger partial charge < -0.3 is 4.90 Å². The Labute approximate surface area is 161 Å². The van der Waals surface area contributed by atoms with Gasteiger partial charge in [0, 0.05) is 48.2 Å². The van der Waals surface area contributed by atoms with E-state index in [2.05, 4.69) is 65.1 Å². The summed E-state index contributed by atoms with van der Waals surface area (Å²) < 4.78 is 0. The van der Waals surface area contributed by atoms with Crippen molar-refractivity contribution in [3.8, 4) is 11.4 Å². The third-order valence-corrected chi connectivity index (χ3v) is 5.50. The number of pyridine rings is 1. The van der Waals surface area contributed by atoms with E-state index in [1.807, 2.05) is 12.1 Å². The van der Waals surface area contributed by atoms with Crippen molar-refractivity contribution in [2.24, 2.45) is 0 Å².